The molecule has 0 saturated carbocycles. The Morgan fingerprint density at radius 1 is 0.377 bits per heavy atom. The number of rotatable bonds is 7. The smallest absolute Gasteiger partial charge is 0.166 e. The summed E-state index contributed by atoms with van der Waals surface area (Å²) in [6, 6.07) is 63.9. The molecule has 290 valence electrons. The second kappa shape index (κ2) is 15.3. The molecule has 10 aromatic rings. The van der Waals surface area contributed by atoms with Gasteiger partial charge in [-0.1, -0.05) is 150 Å². The standard InChI is InChI=1S/C56H41N5/c1-35-24-36(2)27-46(26-35)43-19-22-51-49(31-43)50-32-44(47-28-37(3)25-38(4)29-47)20-23-52(50)61(51)53-33-45(42-17-11-12-39(30-42)34-57)18-21-48(53)56-59-54(40-13-7-5-8-14-40)58-55(60-56)41-15-9-6-10-16-41/h5-33H,1-4H3. The van der Waals surface area contributed by atoms with Crippen molar-refractivity contribution in [3.8, 4) is 79.3 Å². The van der Waals surface area contributed by atoms with Gasteiger partial charge in [0.05, 0.1) is 28.4 Å². The number of aryl methyl sites for hydroxylation is 4. The monoisotopic (exact) mass is 783 g/mol. The molecule has 61 heavy (non-hydrogen) atoms. The first-order valence-corrected chi connectivity index (χ1v) is 20.6. The summed E-state index contributed by atoms with van der Waals surface area (Å²) in [7, 11) is 0. The molecule has 5 heteroatoms. The van der Waals surface area contributed by atoms with Crippen molar-refractivity contribution in [3.05, 3.63) is 204 Å². The van der Waals surface area contributed by atoms with Gasteiger partial charge in [0.1, 0.15) is 0 Å². The molecule has 0 spiro atoms. The van der Waals surface area contributed by atoms with E-state index in [1.807, 2.05) is 78.9 Å². The van der Waals surface area contributed by atoms with Crippen LogP contribution < -0.4 is 0 Å². The van der Waals surface area contributed by atoms with E-state index in [2.05, 4.69) is 135 Å². The van der Waals surface area contributed by atoms with Crippen LogP contribution in [-0.2, 0) is 0 Å². The zero-order valence-corrected chi connectivity index (χ0v) is 34.5. The Kier molecular flexibility index (Phi) is 9.39. The molecule has 10 rings (SSSR count). The van der Waals surface area contributed by atoms with E-state index in [1.54, 1.807) is 0 Å². The van der Waals surface area contributed by atoms with Crippen LogP contribution in [0, 0.1) is 39.0 Å². The molecule has 0 amide bonds. The van der Waals surface area contributed by atoms with Crippen LogP contribution in [0.15, 0.2) is 176 Å². The van der Waals surface area contributed by atoms with E-state index in [-0.39, 0.29) is 0 Å². The third kappa shape index (κ3) is 7.15. The summed E-state index contributed by atoms with van der Waals surface area (Å²) in [5, 5.41) is 12.2. The van der Waals surface area contributed by atoms with Crippen molar-refractivity contribution in [2.75, 3.05) is 0 Å². The van der Waals surface area contributed by atoms with E-state index in [9.17, 15) is 5.26 Å². The predicted molar refractivity (Wildman–Crippen MR) is 250 cm³/mol. The molecule has 0 aliphatic rings. The van der Waals surface area contributed by atoms with Gasteiger partial charge in [0.25, 0.3) is 0 Å². The van der Waals surface area contributed by atoms with E-state index >= 15 is 0 Å². The van der Waals surface area contributed by atoms with E-state index in [0.717, 1.165) is 66.4 Å². The molecule has 5 nitrogen and oxygen atoms in total. The molecule has 0 aliphatic heterocycles. The summed E-state index contributed by atoms with van der Waals surface area (Å²) in [5.74, 6) is 1.76. The van der Waals surface area contributed by atoms with Gasteiger partial charge in [-0.15, -0.1) is 0 Å². The minimum Gasteiger partial charge on any atom is -0.308 e. The maximum absolute atomic E-state index is 9.88. The molecule has 0 bridgehead atoms. The van der Waals surface area contributed by atoms with Crippen molar-refractivity contribution in [1.82, 2.24) is 19.5 Å². The minimum atomic E-state index is 0.564. The predicted octanol–water partition coefficient (Wildman–Crippen LogP) is 14.1. The molecular weight excluding hydrogens is 743 g/mol. The number of aromatic nitrogens is 4. The van der Waals surface area contributed by atoms with Crippen molar-refractivity contribution in [3.63, 3.8) is 0 Å². The Bertz CT molecular complexity index is 3150. The SMILES string of the molecule is Cc1cc(C)cc(-c2ccc3c(c2)c2cc(-c4cc(C)cc(C)c4)ccc2n3-c2cc(-c3cccc(C#N)c3)ccc2-c2nc(-c3ccccc3)nc(-c3ccccc3)n2)c1. The number of nitriles is 1. The van der Waals surface area contributed by atoms with Crippen LogP contribution in [0.25, 0.3) is 95.0 Å². The van der Waals surface area contributed by atoms with Crippen LogP contribution in [0.2, 0.25) is 0 Å². The molecule has 2 heterocycles. The fraction of sp³-hybridized carbons (Fsp3) is 0.0714. The average molecular weight is 784 g/mol. The van der Waals surface area contributed by atoms with Crippen LogP contribution in [0.1, 0.15) is 27.8 Å². The summed E-state index contributed by atoms with van der Waals surface area (Å²) in [4.78, 5) is 15.5. The van der Waals surface area contributed by atoms with Gasteiger partial charge in [-0.2, -0.15) is 5.26 Å². The van der Waals surface area contributed by atoms with Gasteiger partial charge in [-0.25, -0.2) is 15.0 Å². The van der Waals surface area contributed by atoms with E-state index < -0.39 is 0 Å². The molecular formula is C56H41N5. The van der Waals surface area contributed by atoms with Crippen molar-refractivity contribution < 1.29 is 0 Å². The van der Waals surface area contributed by atoms with Crippen molar-refractivity contribution >= 4 is 21.8 Å². The molecule has 8 aromatic carbocycles. The fourth-order valence-corrected chi connectivity index (χ4v) is 8.71. The highest BCUT2D eigenvalue weighted by Crippen LogP contribution is 2.41. The molecule has 0 atom stereocenters. The Hall–Kier alpha value is -7.94. The van der Waals surface area contributed by atoms with Gasteiger partial charge in [0.2, 0.25) is 0 Å². The van der Waals surface area contributed by atoms with Crippen molar-refractivity contribution in [2.45, 2.75) is 27.7 Å². The summed E-state index contributed by atoms with van der Waals surface area (Å²) in [6.45, 7) is 8.63. The van der Waals surface area contributed by atoms with E-state index in [1.165, 1.54) is 33.4 Å². The zero-order valence-electron chi connectivity index (χ0n) is 34.5. The molecule has 0 unspecified atom stereocenters. The number of fused-ring (bicyclic) bond motifs is 3. The van der Waals surface area contributed by atoms with Crippen LogP contribution in [0.3, 0.4) is 0 Å². The zero-order chi connectivity index (χ0) is 41.6. The lowest BCUT2D eigenvalue weighted by molar-refractivity contribution is 1.06. The molecule has 0 fully saturated rings. The Labute approximate surface area is 355 Å². The van der Waals surface area contributed by atoms with E-state index in [4.69, 9.17) is 15.0 Å². The Balaban J connectivity index is 1.29. The lowest BCUT2D eigenvalue weighted by Gasteiger charge is -2.17. The van der Waals surface area contributed by atoms with Gasteiger partial charge in [0.15, 0.2) is 17.5 Å². The number of hydrogen-bond donors (Lipinski definition) is 0. The Morgan fingerprint density at radius 2 is 0.820 bits per heavy atom. The largest absolute Gasteiger partial charge is 0.308 e. The lowest BCUT2D eigenvalue weighted by Crippen LogP contribution is -2.04. The highest BCUT2D eigenvalue weighted by molar-refractivity contribution is 6.12. The number of benzene rings is 8. The van der Waals surface area contributed by atoms with Gasteiger partial charge < -0.3 is 4.57 Å². The molecule has 0 aliphatic carbocycles. The van der Waals surface area contributed by atoms with Gasteiger partial charge in [0, 0.05) is 27.5 Å². The molecule has 0 saturated heterocycles. The van der Waals surface area contributed by atoms with Crippen LogP contribution in [-0.4, -0.2) is 19.5 Å². The first-order chi connectivity index (χ1) is 29.8. The van der Waals surface area contributed by atoms with Crippen molar-refractivity contribution in [1.29, 1.82) is 5.26 Å². The summed E-state index contributed by atoms with van der Waals surface area (Å²) in [5.41, 5.74) is 17.9. The molecule has 0 N–H and O–H groups in total. The summed E-state index contributed by atoms with van der Waals surface area (Å²) < 4.78 is 2.36. The topological polar surface area (TPSA) is 67.4 Å². The average Bonchev–Trinajstić information content (AvgIpc) is 3.61. The second-order valence-electron chi connectivity index (χ2n) is 16.0. The highest BCUT2D eigenvalue weighted by atomic mass is 15.1. The fourth-order valence-electron chi connectivity index (χ4n) is 8.71. The molecule has 2 aromatic heterocycles. The van der Waals surface area contributed by atoms with Crippen LogP contribution in [0.4, 0.5) is 0 Å². The quantitative estimate of drug-likeness (QED) is 0.161. The number of hydrogen-bond acceptors (Lipinski definition) is 4. The third-order valence-corrected chi connectivity index (χ3v) is 11.4. The summed E-state index contributed by atoms with van der Waals surface area (Å²) in [6.07, 6.45) is 0. The Morgan fingerprint density at radius 3 is 1.33 bits per heavy atom. The van der Waals surface area contributed by atoms with Crippen LogP contribution in [0.5, 0.6) is 0 Å². The first kappa shape index (κ1) is 37.3. The lowest BCUT2D eigenvalue weighted by atomic mass is 9.97. The van der Waals surface area contributed by atoms with Gasteiger partial charge in [-0.05, 0) is 110 Å². The normalized spacial score (nSPS) is 11.3. The van der Waals surface area contributed by atoms with Crippen LogP contribution >= 0.6 is 0 Å². The van der Waals surface area contributed by atoms with Crippen molar-refractivity contribution in [2.24, 2.45) is 0 Å². The van der Waals surface area contributed by atoms with E-state index in [0.29, 0.717) is 23.0 Å². The minimum absolute atomic E-state index is 0.564. The second-order valence-corrected chi connectivity index (χ2v) is 16.0. The maximum Gasteiger partial charge on any atom is 0.166 e. The maximum atomic E-state index is 9.88. The van der Waals surface area contributed by atoms with Gasteiger partial charge >= 0.3 is 0 Å². The third-order valence-electron chi connectivity index (χ3n) is 11.4. The number of nitrogens with zero attached hydrogens (tertiary/aromatic N) is 5. The highest BCUT2D eigenvalue weighted by Gasteiger charge is 2.22. The molecule has 0 radical (unpaired) electrons. The van der Waals surface area contributed by atoms with Gasteiger partial charge in [-0.3, -0.25) is 0 Å². The first-order valence-electron chi connectivity index (χ1n) is 20.6. The summed E-state index contributed by atoms with van der Waals surface area (Å²) >= 11 is 0.